The van der Waals surface area contributed by atoms with Crippen molar-refractivity contribution < 1.29 is 14.2 Å². The molecule has 1 saturated carbocycles. The maximum Gasteiger partial charge on any atom is 0.184 e. The van der Waals surface area contributed by atoms with E-state index in [2.05, 4.69) is 16.4 Å². The molecule has 0 radical (unpaired) electrons. The molecule has 176 valence electrons. The first-order valence-electron chi connectivity index (χ1n) is 11.9. The van der Waals surface area contributed by atoms with Crippen LogP contribution in [0.1, 0.15) is 43.2 Å². The van der Waals surface area contributed by atoms with Gasteiger partial charge in [-0.3, -0.25) is 0 Å². The van der Waals surface area contributed by atoms with Gasteiger partial charge in [-0.15, -0.1) is 0 Å². The second kappa shape index (κ2) is 9.09. The van der Waals surface area contributed by atoms with Crippen molar-refractivity contribution in [1.29, 1.82) is 0 Å². The van der Waals surface area contributed by atoms with Crippen LogP contribution in [0.25, 0.3) is 26.8 Å². The van der Waals surface area contributed by atoms with Crippen molar-refractivity contribution in [2.24, 2.45) is 0 Å². The highest BCUT2D eigenvalue weighted by Crippen LogP contribution is 2.31. The number of aliphatic hydroxyl groups excluding tert-OH is 1. The van der Waals surface area contributed by atoms with Crippen LogP contribution in [0.2, 0.25) is 0 Å². The zero-order valence-electron chi connectivity index (χ0n) is 18.8. The minimum atomic E-state index is -0.316. The number of ether oxygens (including phenoxy) is 1. The Bertz CT molecular complexity index is 1380. The molecule has 0 bridgehead atoms. The average molecular weight is 479 g/mol. The molecule has 0 amide bonds. The lowest BCUT2D eigenvalue weighted by Gasteiger charge is -2.27. The number of imidazole rings is 1. The van der Waals surface area contributed by atoms with Crippen LogP contribution in [0.4, 0.5) is 9.52 Å². The van der Waals surface area contributed by atoms with Crippen LogP contribution in [-0.4, -0.2) is 45.0 Å². The molecule has 0 spiro atoms. The first-order valence-corrected chi connectivity index (χ1v) is 12.7. The van der Waals surface area contributed by atoms with Gasteiger partial charge in [0.25, 0.3) is 0 Å². The molecule has 2 atom stereocenters. The number of fused-ring (bicyclic) bond motifs is 2. The fourth-order valence-electron chi connectivity index (χ4n) is 5.02. The monoisotopic (exact) mass is 478 g/mol. The zero-order valence-corrected chi connectivity index (χ0v) is 19.7. The molecule has 1 aliphatic heterocycles. The summed E-state index contributed by atoms with van der Waals surface area (Å²) in [7, 11) is 0. The minimum Gasteiger partial charge on any atom is -0.391 e. The average Bonchev–Trinajstić information content (AvgIpc) is 3.44. The van der Waals surface area contributed by atoms with E-state index in [-0.39, 0.29) is 18.0 Å². The summed E-state index contributed by atoms with van der Waals surface area (Å²) in [6.07, 6.45) is 8.23. The molecule has 1 aliphatic carbocycles. The summed E-state index contributed by atoms with van der Waals surface area (Å²) in [5.41, 5.74) is 5.18. The summed E-state index contributed by atoms with van der Waals surface area (Å²) >= 11 is 1.60. The van der Waals surface area contributed by atoms with Gasteiger partial charge in [-0.25, -0.2) is 14.4 Å². The fraction of sp³-hybridized carbons (Fsp3) is 0.385. The Balaban J connectivity index is 1.25. The van der Waals surface area contributed by atoms with Gasteiger partial charge in [0.1, 0.15) is 11.3 Å². The molecule has 2 aliphatic rings. The molecule has 4 aromatic rings. The smallest absolute Gasteiger partial charge is 0.184 e. The van der Waals surface area contributed by atoms with Crippen LogP contribution in [0.15, 0.2) is 42.7 Å². The zero-order chi connectivity index (χ0) is 23.1. The molecule has 34 heavy (non-hydrogen) atoms. The predicted octanol–water partition coefficient (Wildman–Crippen LogP) is 5.35. The number of nitrogens with zero attached hydrogens (tertiary/aromatic N) is 3. The molecular formula is C26H27FN4O2S. The predicted molar refractivity (Wildman–Crippen MR) is 134 cm³/mol. The van der Waals surface area contributed by atoms with Crippen LogP contribution in [0.3, 0.4) is 0 Å². The van der Waals surface area contributed by atoms with E-state index in [1.54, 1.807) is 23.7 Å². The SMILES string of the molecule is OC1CCCCC1Nc1nc2ccc(Cn3cnc4cc(C5=CCOCC5)cc(F)c43)cc2s1. The number of aliphatic hydroxyl groups is 1. The lowest BCUT2D eigenvalue weighted by molar-refractivity contribution is 0.116. The van der Waals surface area contributed by atoms with Gasteiger partial charge in [-0.2, -0.15) is 0 Å². The van der Waals surface area contributed by atoms with Gasteiger partial charge in [0.05, 0.1) is 47.4 Å². The Morgan fingerprint density at radius 1 is 1.18 bits per heavy atom. The van der Waals surface area contributed by atoms with Crippen LogP contribution < -0.4 is 5.32 Å². The lowest BCUT2D eigenvalue weighted by atomic mass is 9.93. The highest BCUT2D eigenvalue weighted by atomic mass is 32.1. The van der Waals surface area contributed by atoms with Crippen molar-refractivity contribution in [3.8, 4) is 0 Å². The van der Waals surface area contributed by atoms with Crippen LogP contribution in [0.5, 0.6) is 0 Å². The Morgan fingerprint density at radius 2 is 2.09 bits per heavy atom. The molecular weight excluding hydrogens is 451 g/mol. The molecule has 6 rings (SSSR count). The third-order valence-corrected chi connectivity index (χ3v) is 7.79. The second-order valence-electron chi connectivity index (χ2n) is 9.18. The largest absolute Gasteiger partial charge is 0.391 e. The van der Waals surface area contributed by atoms with E-state index in [1.165, 1.54) is 0 Å². The fourth-order valence-corrected chi connectivity index (χ4v) is 6.01. The summed E-state index contributed by atoms with van der Waals surface area (Å²) in [4.78, 5) is 9.19. The molecule has 2 unspecified atom stereocenters. The number of anilines is 1. The second-order valence-corrected chi connectivity index (χ2v) is 10.2. The number of rotatable bonds is 5. The van der Waals surface area contributed by atoms with Crippen molar-refractivity contribution in [2.75, 3.05) is 18.5 Å². The normalized spacial score (nSPS) is 21.2. The molecule has 2 aromatic carbocycles. The van der Waals surface area contributed by atoms with Gasteiger partial charge in [-0.05, 0) is 60.2 Å². The number of hydrogen-bond donors (Lipinski definition) is 2. The Labute approximate surface area is 201 Å². The first kappa shape index (κ1) is 21.7. The summed E-state index contributed by atoms with van der Waals surface area (Å²) in [6.45, 7) is 1.77. The summed E-state index contributed by atoms with van der Waals surface area (Å²) in [5.74, 6) is -0.256. The number of aromatic nitrogens is 3. The molecule has 3 heterocycles. The number of hydrogen-bond acceptors (Lipinski definition) is 6. The van der Waals surface area contributed by atoms with Gasteiger partial charge in [0.2, 0.25) is 0 Å². The first-order chi connectivity index (χ1) is 16.6. The third kappa shape index (κ3) is 4.21. The van der Waals surface area contributed by atoms with E-state index in [0.29, 0.717) is 30.8 Å². The maximum atomic E-state index is 15.2. The number of nitrogens with one attached hydrogen (secondary N) is 1. The van der Waals surface area contributed by atoms with Gasteiger partial charge in [0, 0.05) is 6.54 Å². The third-order valence-electron chi connectivity index (χ3n) is 6.84. The topological polar surface area (TPSA) is 72.2 Å². The highest BCUT2D eigenvalue weighted by molar-refractivity contribution is 7.22. The number of benzene rings is 2. The van der Waals surface area contributed by atoms with E-state index < -0.39 is 0 Å². The van der Waals surface area contributed by atoms with Gasteiger partial charge in [-0.1, -0.05) is 36.3 Å². The standard InChI is InChI=1S/C26H27FN4O2S/c27-19-12-18(17-7-9-33-10-8-17)13-22-25(19)31(15-28-22)14-16-5-6-21-24(11-16)34-26(30-21)29-20-3-1-2-4-23(20)32/h5-7,11-13,15,20,23,32H,1-4,8-10,14H2,(H,29,30). The lowest BCUT2D eigenvalue weighted by Crippen LogP contribution is -2.36. The van der Waals surface area contributed by atoms with Crippen molar-refractivity contribution in [3.05, 3.63) is 59.7 Å². The minimum absolute atomic E-state index is 0.0656. The van der Waals surface area contributed by atoms with E-state index >= 15 is 4.39 Å². The summed E-state index contributed by atoms with van der Waals surface area (Å²) in [6, 6.07) is 9.80. The van der Waals surface area contributed by atoms with Crippen molar-refractivity contribution in [1.82, 2.24) is 14.5 Å². The Hall–Kier alpha value is -2.81. The highest BCUT2D eigenvalue weighted by Gasteiger charge is 2.23. The molecule has 0 saturated heterocycles. The van der Waals surface area contributed by atoms with Crippen LogP contribution in [-0.2, 0) is 11.3 Å². The number of thiazole rings is 1. The molecule has 1 fully saturated rings. The van der Waals surface area contributed by atoms with Gasteiger partial charge < -0.3 is 19.7 Å². The van der Waals surface area contributed by atoms with Crippen molar-refractivity contribution in [2.45, 2.75) is 50.8 Å². The van der Waals surface area contributed by atoms with Gasteiger partial charge >= 0.3 is 0 Å². The van der Waals surface area contributed by atoms with Crippen LogP contribution in [0, 0.1) is 5.82 Å². The van der Waals surface area contributed by atoms with E-state index in [4.69, 9.17) is 9.72 Å². The molecule has 8 heteroatoms. The molecule has 6 nitrogen and oxygen atoms in total. The van der Waals surface area contributed by atoms with Crippen molar-refractivity contribution in [3.63, 3.8) is 0 Å². The van der Waals surface area contributed by atoms with Crippen LogP contribution >= 0.6 is 11.3 Å². The summed E-state index contributed by atoms with van der Waals surface area (Å²) in [5, 5.41) is 14.5. The maximum absolute atomic E-state index is 15.2. The Morgan fingerprint density at radius 3 is 2.94 bits per heavy atom. The van der Waals surface area contributed by atoms with Crippen molar-refractivity contribution >= 4 is 43.3 Å². The molecule has 2 aromatic heterocycles. The molecule has 2 N–H and O–H groups in total. The number of halogens is 1. The van der Waals surface area contributed by atoms with E-state index in [1.807, 2.05) is 28.8 Å². The van der Waals surface area contributed by atoms with Gasteiger partial charge in [0.15, 0.2) is 5.13 Å². The quantitative estimate of drug-likeness (QED) is 0.404. The summed E-state index contributed by atoms with van der Waals surface area (Å²) < 4.78 is 23.5. The van der Waals surface area contributed by atoms with E-state index in [0.717, 1.165) is 64.2 Å². The van der Waals surface area contributed by atoms with E-state index in [9.17, 15) is 5.11 Å². The Kier molecular flexibility index (Phi) is 5.80.